The minimum atomic E-state index is -0.131. The van der Waals surface area contributed by atoms with Crippen LogP contribution in [0.5, 0.6) is 0 Å². The third-order valence-electron chi connectivity index (χ3n) is 6.00. The van der Waals surface area contributed by atoms with Crippen LogP contribution in [-0.2, 0) is 11.3 Å². The lowest BCUT2D eigenvalue weighted by Crippen LogP contribution is -2.45. The summed E-state index contributed by atoms with van der Waals surface area (Å²) in [7, 11) is 0. The highest BCUT2D eigenvalue weighted by molar-refractivity contribution is 5.82. The van der Waals surface area contributed by atoms with Gasteiger partial charge in [-0.2, -0.15) is 0 Å². The zero-order valence-corrected chi connectivity index (χ0v) is 15.3. The smallest absolute Gasteiger partial charge is 0.275 e. The van der Waals surface area contributed by atoms with E-state index in [2.05, 4.69) is 19.2 Å². The number of rotatable bonds is 3. The van der Waals surface area contributed by atoms with Crippen LogP contribution in [-0.4, -0.2) is 20.9 Å². The summed E-state index contributed by atoms with van der Waals surface area (Å²) in [4.78, 5) is 25.6. The Morgan fingerprint density at radius 2 is 1.81 bits per heavy atom. The van der Waals surface area contributed by atoms with E-state index in [1.807, 2.05) is 40.9 Å². The van der Waals surface area contributed by atoms with Crippen LogP contribution in [0.3, 0.4) is 0 Å². The van der Waals surface area contributed by atoms with Crippen molar-refractivity contribution in [3.63, 3.8) is 0 Å². The Bertz CT molecular complexity index is 1020. The first-order valence-corrected chi connectivity index (χ1v) is 9.44. The molecule has 2 aromatic heterocycles. The van der Waals surface area contributed by atoms with E-state index in [1.165, 1.54) is 6.42 Å². The standard InChI is InChI=1S/C21H25N3O2/c1-14-7-5-8-16(15(14)2)22-20(25)13-24-18-10-4-3-9-17(18)23-12-6-11-19(23)21(24)26/h3-4,6,9-12,14-16H,5,7-8,13H2,1-2H3,(H,22,25)/t14-,15+,16-/m1/s1. The summed E-state index contributed by atoms with van der Waals surface area (Å²) >= 11 is 0. The van der Waals surface area contributed by atoms with Crippen LogP contribution in [0.25, 0.3) is 16.6 Å². The molecule has 1 aliphatic rings. The molecule has 0 spiro atoms. The lowest BCUT2D eigenvalue weighted by Gasteiger charge is -2.34. The van der Waals surface area contributed by atoms with Gasteiger partial charge in [-0.3, -0.25) is 14.2 Å². The van der Waals surface area contributed by atoms with Crippen LogP contribution in [0.2, 0.25) is 0 Å². The first-order chi connectivity index (χ1) is 12.6. The van der Waals surface area contributed by atoms with Crippen LogP contribution in [0.4, 0.5) is 0 Å². The number of carbonyl (C=O) groups is 1. The molecule has 2 heterocycles. The SMILES string of the molecule is C[C@H]1[C@H](C)CCC[C@H]1NC(=O)Cn1c(=O)c2cccn2c2ccccc21. The average molecular weight is 351 g/mol. The Labute approximate surface area is 152 Å². The molecule has 0 unspecified atom stereocenters. The normalized spacial score (nSPS) is 23.4. The number of nitrogens with zero attached hydrogens (tertiary/aromatic N) is 2. The molecule has 0 radical (unpaired) electrons. The third-order valence-corrected chi connectivity index (χ3v) is 6.00. The maximum absolute atomic E-state index is 12.9. The second-order valence-electron chi connectivity index (χ2n) is 7.58. The van der Waals surface area contributed by atoms with Gasteiger partial charge in [-0.05, 0) is 42.5 Å². The van der Waals surface area contributed by atoms with Crippen molar-refractivity contribution in [3.05, 3.63) is 52.9 Å². The summed E-state index contributed by atoms with van der Waals surface area (Å²) in [6.07, 6.45) is 5.27. The van der Waals surface area contributed by atoms with Gasteiger partial charge in [0.25, 0.3) is 5.56 Å². The molecule has 1 aromatic carbocycles. The van der Waals surface area contributed by atoms with Crippen molar-refractivity contribution in [3.8, 4) is 0 Å². The Morgan fingerprint density at radius 1 is 1.08 bits per heavy atom. The maximum atomic E-state index is 12.9. The molecule has 5 heteroatoms. The number of amides is 1. The minimum absolute atomic E-state index is 0.0542. The average Bonchev–Trinajstić information content (AvgIpc) is 3.13. The Kier molecular flexibility index (Phi) is 4.31. The van der Waals surface area contributed by atoms with Gasteiger partial charge >= 0.3 is 0 Å². The molecule has 3 aromatic rings. The Morgan fingerprint density at radius 3 is 2.62 bits per heavy atom. The fraction of sp³-hybridized carbons (Fsp3) is 0.429. The molecule has 5 nitrogen and oxygen atoms in total. The molecule has 1 aliphatic carbocycles. The summed E-state index contributed by atoms with van der Waals surface area (Å²) in [6.45, 7) is 4.52. The number of para-hydroxylation sites is 2. The summed E-state index contributed by atoms with van der Waals surface area (Å²) < 4.78 is 3.48. The number of aromatic nitrogens is 2. The van der Waals surface area contributed by atoms with Crippen molar-refractivity contribution in [2.24, 2.45) is 11.8 Å². The van der Waals surface area contributed by atoms with Crippen molar-refractivity contribution in [2.75, 3.05) is 0 Å². The van der Waals surface area contributed by atoms with Crippen LogP contribution in [0, 0.1) is 11.8 Å². The molecule has 1 saturated carbocycles. The largest absolute Gasteiger partial charge is 0.352 e. The Balaban J connectivity index is 1.67. The molecule has 3 atom stereocenters. The lowest BCUT2D eigenvalue weighted by molar-refractivity contribution is -0.123. The molecule has 0 saturated heterocycles. The van der Waals surface area contributed by atoms with E-state index in [1.54, 1.807) is 10.6 Å². The zero-order chi connectivity index (χ0) is 18.3. The highest BCUT2D eigenvalue weighted by atomic mass is 16.2. The van der Waals surface area contributed by atoms with E-state index in [0.29, 0.717) is 17.4 Å². The van der Waals surface area contributed by atoms with E-state index in [4.69, 9.17) is 0 Å². The van der Waals surface area contributed by atoms with Gasteiger partial charge in [0.15, 0.2) is 0 Å². The van der Waals surface area contributed by atoms with E-state index in [0.717, 1.165) is 23.9 Å². The minimum Gasteiger partial charge on any atom is -0.352 e. The van der Waals surface area contributed by atoms with E-state index < -0.39 is 0 Å². The fourth-order valence-corrected chi connectivity index (χ4v) is 4.25. The Hall–Kier alpha value is -2.56. The van der Waals surface area contributed by atoms with E-state index in [9.17, 15) is 9.59 Å². The fourth-order valence-electron chi connectivity index (χ4n) is 4.25. The molecule has 4 rings (SSSR count). The number of carbonyl (C=O) groups excluding carboxylic acids is 1. The van der Waals surface area contributed by atoms with Crippen molar-refractivity contribution < 1.29 is 4.79 Å². The van der Waals surface area contributed by atoms with Gasteiger partial charge in [0.05, 0.1) is 11.0 Å². The first-order valence-electron chi connectivity index (χ1n) is 9.44. The van der Waals surface area contributed by atoms with Crippen molar-refractivity contribution in [2.45, 2.75) is 45.7 Å². The van der Waals surface area contributed by atoms with Gasteiger partial charge in [0.2, 0.25) is 5.91 Å². The predicted octanol–water partition coefficient (Wildman–Crippen LogP) is 3.20. The van der Waals surface area contributed by atoms with Gasteiger partial charge in [-0.15, -0.1) is 0 Å². The summed E-state index contributed by atoms with van der Waals surface area (Å²) in [5.74, 6) is 1.00. The summed E-state index contributed by atoms with van der Waals surface area (Å²) in [6, 6.07) is 11.6. The van der Waals surface area contributed by atoms with Gasteiger partial charge in [0.1, 0.15) is 12.1 Å². The summed E-state index contributed by atoms with van der Waals surface area (Å²) in [5, 5.41) is 3.18. The van der Waals surface area contributed by atoms with Crippen LogP contribution in [0.15, 0.2) is 47.4 Å². The zero-order valence-electron chi connectivity index (χ0n) is 15.3. The molecule has 1 N–H and O–H groups in total. The van der Waals surface area contributed by atoms with Gasteiger partial charge in [-0.1, -0.05) is 38.8 Å². The number of hydrogen-bond donors (Lipinski definition) is 1. The highest BCUT2D eigenvalue weighted by Gasteiger charge is 2.28. The number of fused-ring (bicyclic) bond motifs is 3. The van der Waals surface area contributed by atoms with Crippen LogP contribution < -0.4 is 10.9 Å². The van der Waals surface area contributed by atoms with Crippen molar-refractivity contribution in [1.29, 1.82) is 0 Å². The molecule has 136 valence electrons. The van der Waals surface area contributed by atoms with E-state index in [-0.39, 0.29) is 24.1 Å². The monoisotopic (exact) mass is 351 g/mol. The van der Waals surface area contributed by atoms with Crippen LogP contribution in [0.1, 0.15) is 33.1 Å². The number of benzene rings is 1. The molecular formula is C21H25N3O2. The third kappa shape index (κ3) is 2.81. The number of hydrogen-bond acceptors (Lipinski definition) is 2. The summed E-state index contributed by atoms with van der Waals surface area (Å²) in [5.41, 5.74) is 2.17. The van der Waals surface area contributed by atoms with Crippen molar-refractivity contribution >= 4 is 22.5 Å². The quantitative estimate of drug-likeness (QED) is 0.788. The molecule has 1 amide bonds. The predicted molar refractivity (Wildman–Crippen MR) is 103 cm³/mol. The second-order valence-corrected chi connectivity index (χ2v) is 7.58. The molecule has 26 heavy (non-hydrogen) atoms. The first kappa shape index (κ1) is 16.9. The molecule has 0 bridgehead atoms. The molecular weight excluding hydrogens is 326 g/mol. The lowest BCUT2D eigenvalue weighted by atomic mass is 9.78. The topological polar surface area (TPSA) is 55.5 Å². The highest BCUT2D eigenvalue weighted by Crippen LogP contribution is 2.29. The second kappa shape index (κ2) is 6.63. The van der Waals surface area contributed by atoms with Gasteiger partial charge < -0.3 is 9.72 Å². The van der Waals surface area contributed by atoms with Crippen molar-refractivity contribution in [1.82, 2.24) is 14.3 Å². The molecule has 0 aliphatic heterocycles. The van der Waals surface area contributed by atoms with Gasteiger partial charge in [0, 0.05) is 12.2 Å². The number of nitrogens with one attached hydrogen (secondary N) is 1. The van der Waals surface area contributed by atoms with Crippen LogP contribution >= 0.6 is 0 Å². The van der Waals surface area contributed by atoms with Gasteiger partial charge in [-0.25, -0.2) is 0 Å². The maximum Gasteiger partial charge on any atom is 0.275 e. The molecule has 1 fully saturated rings. The van der Waals surface area contributed by atoms with E-state index >= 15 is 0 Å².